The van der Waals surface area contributed by atoms with Crippen molar-refractivity contribution in [2.75, 3.05) is 16.0 Å². The molecule has 0 radical (unpaired) electrons. The molecule has 0 fully saturated rings. The van der Waals surface area contributed by atoms with Crippen LogP contribution in [0.1, 0.15) is 38.4 Å². The summed E-state index contributed by atoms with van der Waals surface area (Å²) in [7, 11) is 1.67. The molecule has 1 aliphatic heterocycles. The van der Waals surface area contributed by atoms with E-state index in [-0.39, 0.29) is 16.9 Å². The van der Waals surface area contributed by atoms with Crippen molar-refractivity contribution in [2.45, 2.75) is 39.0 Å². The molecule has 0 saturated carbocycles. The van der Waals surface area contributed by atoms with Crippen molar-refractivity contribution in [3.8, 4) is 16.8 Å². The largest absolute Gasteiger partial charge is 0.326 e. The normalized spacial score (nSPS) is 13.0. The van der Waals surface area contributed by atoms with Gasteiger partial charge in [-0.3, -0.25) is 19.5 Å². The summed E-state index contributed by atoms with van der Waals surface area (Å²) in [6, 6.07) is 16.0. The maximum Gasteiger partial charge on any atom is 0.324 e. The molecule has 6 rings (SSSR count). The molecular formula is C31H30N8O3. The van der Waals surface area contributed by atoms with Gasteiger partial charge in [0.15, 0.2) is 0 Å². The van der Waals surface area contributed by atoms with Crippen molar-refractivity contribution in [3.05, 3.63) is 88.7 Å². The van der Waals surface area contributed by atoms with Crippen molar-refractivity contribution in [3.63, 3.8) is 0 Å². The Morgan fingerprint density at radius 3 is 2.64 bits per heavy atom. The third kappa shape index (κ3) is 5.12. The van der Waals surface area contributed by atoms with Crippen molar-refractivity contribution in [1.29, 1.82) is 0 Å². The molecule has 4 heterocycles. The summed E-state index contributed by atoms with van der Waals surface area (Å²) in [5, 5.41) is 14.3. The highest BCUT2D eigenvalue weighted by Crippen LogP contribution is 2.30. The SMILES string of the molecule is Cn1c(=O)c(-c2cccc(NC(=O)Nc3cc(C(C)(C)C)nn3-c3ccc4c(c3)CCC(=O)N4)c2)cc2cncnc21. The predicted molar refractivity (Wildman–Crippen MR) is 162 cm³/mol. The lowest BCUT2D eigenvalue weighted by Crippen LogP contribution is -2.22. The number of nitrogens with one attached hydrogen (secondary N) is 3. The Morgan fingerprint density at radius 2 is 1.83 bits per heavy atom. The Kier molecular flexibility index (Phi) is 6.56. The number of aryl methyl sites for hydroxylation is 2. The van der Waals surface area contributed by atoms with E-state index < -0.39 is 6.03 Å². The van der Waals surface area contributed by atoms with Crippen LogP contribution in [0.5, 0.6) is 0 Å². The van der Waals surface area contributed by atoms with Gasteiger partial charge in [-0.1, -0.05) is 32.9 Å². The van der Waals surface area contributed by atoms with Gasteiger partial charge < -0.3 is 10.6 Å². The molecule has 3 aromatic heterocycles. The first-order chi connectivity index (χ1) is 20.1. The molecule has 3 N–H and O–H groups in total. The number of rotatable bonds is 4. The zero-order chi connectivity index (χ0) is 29.6. The fourth-order valence-electron chi connectivity index (χ4n) is 5.00. The summed E-state index contributed by atoms with van der Waals surface area (Å²) in [6.45, 7) is 6.17. The molecule has 0 unspecified atom stereocenters. The van der Waals surface area contributed by atoms with Crippen molar-refractivity contribution in [2.24, 2.45) is 7.05 Å². The highest BCUT2D eigenvalue weighted by molar-refractivity contribution is 6.00. The lowest BCUT2D eigenvalue weighted by atomic mass is 9.92. The van der Waals surface area contributed by atoms with Gasteiger partial charge >= 0.3 is 6.03 Å². The zero-order valence-electron chi connectivity index (χ0n) is 23.7. The Hall–Kier alpha value is -5.32. The molecule has 0 bridgehead atoms. The van der Waals surface area contributed by atoms with Gasteiger partial charge in [0.1, 0.15) is 17.8 Å². The molecule has 3 amide bonds. The Balaban J connectivity index is 1.28. The third-order valence-electron chi connectivity index (χ3n) is 7.25. The van der Waals surface area contributed by atoms with Gasteiger partial charge in [-0.05, 0) is 53.9 Å². The van der Waals surface area contributed by atoms with E-state index in [9.17, 15) is 14.4 Å². The average molecular weight is 563 g/mol. The van der Waals surface area contributed by atoms with Gasteiger partial charge in [0, 0.05) is 53.5 Å². The summed E-state index contributed by atoms with van der Waals surface area (Å²) in [5.74, 6) is 0.499. The van der Waals surface area contributed by atoms with Crippen LogP contribution in [0, 0.1) is 0 Å². The maximum absolute atomic E-state index is 13.2. The van der Waals surface area contributed by atoms with Gasteiger partial charge in [0.25, 0.3) is 5.56 Å². The molecule has 0 aliphatic carbocycles. The second-order valence-corrected chi connectivity index (χ2v) is 11.4. The topological polar surface area (TPSA) is 136 Å². The number of amides is 3. The molecular weight excluding hydrogens is 532 g/mol. The van der Waals surface area contributed by atoms with Gasteiger partial charge in [-0.25, -0.2) is 19.4 Å². The Morgan fingerprint density at radius 1 is 1.00 bits per heavy atom. The molecule has 5 aromatic rings. The van der Waals surface area contributed by atoms with E-state index in [1.165, 1.54) is 10.9 Å². The first-order valence-corrected chi connectivity index (χ1v) is 13.6. The van der Waals surface area contributed by atoms with E-state index in [1.807, 2.05) is 30.3 Å². The lowest BCUT2D eigenvalue weighted by molar-refractivity contribution is -0.116. The van der Waals surface area contributed by atoms with Crippen LogP contribution in [0.4, 0.5) is 22.0 Å². The average Bonchev–Trinajstić information content (AvgIpc) is 3.39. The summed E-state index contributed by atoms with van der Waals surface area (Å²) in [5.41, 5.74) is 5.11. The zero-order valence-corrected chi connectivity index (χ0v) is 23.7. The first-order valence-electron chi connectivity index (χ1n) is 13.6. The molecule has 42 heavy (non-hydrogen) atoms. The first kappa shape index (κ1) is 26.9. The number of carbonyl (C=O) groups excluding carboxylic acids is 2. The van der Waals surface area contributed by atoms with E-state index in [4.69, 9.17) is 5.10 Å². The smallest absolute Gasteiger partial charge is 0.324 e. The number of benzene rings is 2. The van der Waals surface area contributed by atoms with Crippen LogP contribution in [0.3, 0.4) is 0 Å². The molecule has 0 saturated heterocycles. The lowest BCUT2D eigenvalue weighted by Gasteiger charge is -2.18. The van der Waals surface area contributed by atoms with Gasteiger partial charge in [0.05, 0.1) is 11.4 Å². The minimum atomic E-state index is -0.459. The molecule has 2 aromatic carbocycles. The number of nitrogens with zero attached hydrogens (tertiary/aromatic N) is 5. The number of pyridine rings is 1. The highest BCUT2D eigenvalue weighted by Gasteiger charge is 2.23. The van der Waals surface area contributed by atoms with Crippen LogP contribution >= 0.6 is 0 Å². The van der Waals surface area contributed by atoms with Crippen molar-refractivity contribution >= 4 is 40.2 Å². The van der Waals surface area contributed by atoms with Gasteiger partial charge in [-0.15, -0.1) is 0 Å². The quantitative estimate of drug-likeness (QED) is 0.282. The van der Waals surface area contributed by atoms with E-state index in [0.29, 0.717) is 41.1 Å². The monoisotopic (exact) mass is 562 g/mol. The minimum absolute atomic E-state index is 0.00227. The minimum Gasteiger partial charge on any atom is -0.326 e. The fraction of sp³-hybridized carbons (Fsp3) is 0.226. The maximum atomic E-state index is 13.2. The molecule has 212 valence electrons. The molecule has 1 aliphatic rings. The van der Waals surface area contributed by atoms with Crippen LogP contribution in [0.2, 0.25) is 0 Å². The van der Waals surface area contributed by atoms with Crippen molar-refractivity contribution in [1.82, 2.24) is 24.3 Å². The number of fused-ring (bicyclic) bond motifs is 2. The standard InChI is InChI=1S/C31H30N8O3/c1-31(2,3)25-15-26(39(37-25)22-9-10-24-19(13-22)8-11-27(40)35-24)36-30(42)34-21-7-5-6-18(12-21)23-14-20-16-32-17-33-28(20)38(4)29(23)41/h5-7,9-10,12-17H,8,11H2,1-4H3,(H,35,40)(H2,34,36,42). The van der Waals surface area contributed by atoms with E-state index in [2.05, 4.69) is 46.7 Å². The molecule has 0 atom stereocenters. The summed E-state index contributed by atoms with van der Waals surface area (Å²) >= 11 is 0. The summed E-state index contributed by atoms with van der Waals surface area (Å²) < 4.78 is 3.19. The molecule has 11 heteroatoms. The van der Waals surface area contributed by atoms with Gasteiger partial charge in [0.2, 0.25) is 5.91 Å². The predicted octanol–water partition coefficient (Wildman–Crippen LogP) is 5.01. The van der Waals surface area contributed by atoms with Crippen LogP contribution in [0.15, 0.2) is 71.9 Å². The number of urea groups is 1. The van der Waals surface area contributed by atoms with Crippen LogP contribution < -0.4 is 21.5 Å². The Bertz CT molecular complexity index is 1930. The number of carbonyl (C=O) groups is 2. The molecule has 0 spiro atoms. The van der Waals surface area contributed by atoms with E-state index >= 15 is 0 Å². The van der Waals surface area contributed by atoms with Gasteiger partial charge in [-0.2, -0.15) is 5.10 Å². The second kappa shape index (κ2) is 10.3. The number of hydrogen-bond donors (Lipinski definition) is 3. The second-order valence-electron chi connectivity index (χ2n) is 11.4. The summed E-state index contributed by atoms with van der Waals surface area (Å²) in [6.07, 6.45) is 4.13. The highest BCUT2D eigenvalue weighted by atomic mass is 16.2. The third-order valence-corrected chi connectivity index (χ3v) is 7.25. The number of anilines is 3. The number of hydrogen-bond acceptors (Lipinski definition) is 6. The van der Waals surface area contributed by atoms with Crippen molar-refractivity contribution < 1.29 is 9.59 Å². The Labute approximate surface area is 241 Å². The van der Waals surface area contributed by atoms with Crippen LogP contribution in [-0.4, -0.2) is 36.3 Å². The van der Waals surface area contributed by atoms with E-state index in [0.717, 1.165) is 28.0 Å². The number of aromatic nitrogens is 5. The van der Waals surface area contributed by atoms with Crippen LogP contribution in [0.25, 0.3) is 27.8 Å². The van der Waals surface area contributed by atoms with Crippen LogP contribution in [-0.2, 0) is 23.7 Å². The summed E-state index contributed by atoms with van der Waals surface area (Å²) in [4.78, 5) is 46.4. The fourth-order valence-corrected chi connectivity index (χ4v) is 5.00. The molecule has 11 nitrogen and oxygen atoms in total. The van der Waals surface area contributed by atoms with E-state index in [1.54, 1.807) is 42.2 Å².